The maximum absolute atomic E-state index is 5.08. The topological polar surface area (TPSA) is 46.3 Å². The molecule has 0 amide bonds. The monoisotopic (exact) mass is 485 g/mol. The van der Waals surface area contributed by atoms with Crippen molar-refractivity contribution in [3.63, 3.8) is 0 Å². The standard InChI is InChI=1S/C33H19N5/c1-3-10-20(11-4-1)31-34-32(21-12-5-2-6-13-21)36-33(35-31)37-26-18-8-16-24-22-14-7-15-23-25-17-9-19-27(37)30(25)38(28(22)23)29(24)26/h1-19H. The molecule has 38 heavy (non-hydrogen) atoms. The van der Waals surface area contributed by atoms with Crippen molar-refractivity contribution >= 4 is 55.4 Å². The largest absolute Gasteiger partial charge is 0.304 e. The lowest BCUT2D eigenvalue weighted by molar-refractivity contribution is 1.02. The molecule has 0 bridgehead atoms. The van der Waals surface area contributed by atoms with Gasteiger partial charge < -0.3 is 4.40 Å². The minimum atomic E-state index is 0.610. The van der Waals surface area contributed by atoms with Crippen molar-refractivity contribution in [1.29, 1.82) is 0 Å². The van der Waals surface area contributed by atoms with Crippen LogP contribution in [0.5, 0.6) is 0 Å². The van der Waals surface area contributed by atoms with Crippen molar-refractivity contribution < 1.29 is 0 Å². The second-order valence-corrected chi connectivity index (χ2v) is 9.73. The Balaban J connectivity index is 1.41. The number of rotatable bonds is 3. The first kappa shape index (κ1) is 19.8. The Morgan fingerprint density at radius 3 is 1.34 bits per heavy atom. The van der Waals surface area contributed by atoms with Crippen LogP contribution < -0.4 is 4.90 Å². The summed E-state index contributed by atoms with van der Waals surface area (Å²) in [5.41, 5.74) is 7.72. The van der Waals surface area contributed by atoms with E-state index in [4.69, 9.17) is 15.0 Å². The number of benzene rings is 5. The quantitative estimate of drug-likeness (QED) is 0.253. The van der Waals surface area contributed by atoms with Crippen LogP contribution in [-0.2, 0) is 0 Å². The smallest absolute Gasteiger partial charge is 0.238 e. The van der Waals surface area contributed by atoms with Gasteiger partial charge in [-0.3, -0.25) is 4.90 Å². The van der Waals surface area contributed by atoms with E-state index in [2.05, 4.69) is 63.9 Å². The third kappa shape index (κ3) is 2.47. The van der Waals surface area contributed by atoms with Gasteiger partial charge in [0.05, 0.1) is 27.9 Å². The van der Waals surface area contributed by atoms with Crippen molar-refractivity contribution in [2.24, 2.45) is 0 Å². The Labute approximate surface area is 217 Å². The van der Waals surface area contributed by atoms with Gasteiger partial charge in [-0.05, 0) is 12.1 Å². The lowest BCUT2D eigenvalue weighted by Crippen LogP contribution is -2.18. The van der Waals surface area contributed by atoms with E-state index in [1.54, 1.807) is 0 Å². The fourth-order valence-corrected chi connectivity index (χ4v) is 6.13. The highest BCUT2D eigenvalue weighted by Crippen LogP contribution is 2.51. The van der Waals surface area contributed by atoms with Gasteiger partial charge in [-0.1, -0.05) is 103 Å². The summed E-state index contributed by atoms with van der Waals surface area (Å²) in [7, 11) is 0. The summed E-state index contributed by atoms with van der Waals surface area (Å²) in [6.45, 7) is 0. The fourth-order valence-electron chi connectivity index (χ4n) is 6.13. The minimum absolute atomic E-state index is 0.610. The summed E-state index contributed by atoms with van der Waals surface area (Å²) < 4.78 is 2.44. The van der Waals surface area contributed by atoms with Crippen LogP contribution >= 0.6 is 0 Å². The van der Waals surface area contributed by atoms with E-state index in [1.165, 1.54) is 38.1 Å². The molecule has 0 saturated heterocycles. The molecule has 0 N–H and O–H groups in total. The average molecular weight is 486 g/mol. The molecule has 5 nitrogen and oxygen atoms in total. The molecule has 9 rings (SSSR count). The summed E-state index contributed by atoms with van der Waals surface area (Å²) >= 11 is 0. The second kappa shape index (κ2) is 7.14. The highest BCUT2D eigenvalue weighted by molar-refractivity contribution is 6.28. The Morgan fingerprint density at radius 2 is 0.842 bits per heavy atom. The number of anilines is 3. The van der Waals surface area contributed by atoms with Crippen LogP contribution in [0.4, 0.5) is 17.3 Å². The number of fused-ring (bicyclic) bond motifs is 2. The molecule has 0 radical (unpaired) electrons. The van der Waals surface area contributed by atoms with Gasteiger partial charge in [0.1, 0.15) is 0 Å². The van der Waals surface area contributed by atoms with Crippen LogP contribution in [0.25, 0.3) is 60.9 Å². The first-order chi connectivity index (χ1) is 18.9. The van der Waals surface area contributed by atoms with Crippen LogP contribution in [0, 0.1) is 0 Å². The van der Waals surface area contributed by atoms with Gasteiger partial charge in [-0.15, -0.1) is 0 Å². The lowest BCUT2D eigenvalue weighted by Gasteiger charge is -2.28. The highest BCUT2D eigenvalue weighted by Gasteiger charge is 2.31. The van der Waals surface area contributed by atoms with E-state index in [-0.39, 0.29) is 0 Å². The average Bonchev–Trinajstić information content (AvgIpc) is 3.52. The zero-order valence-electron chi connectivity index (χ0n) is 20.2. The third-order valence-corrected chi connectivity index (χ3v) is 7.69. The molecular formula is C33H19N5. The van der Waals surface area contributed by atoms with Crippen molar-refractivity contribution in [2.75, 3.05) is 4.90 Å². The molecular weight excluding hydrogens is 466 g/mol. The SMILES string of the molecule is c1ccc(-c2nc(-c3ccccc3)nc(N3c4cccc5c6cccc7c8cccc3c8n(c45)c67)n2)cc1. The van der Waals surface area contributed by atoms with Crippen LogP contribution in [-0.4, -0.2) is 19.4 Å². The minimum Gasteiger partial charge on any atom is -0.304 e. The zero-order chi connectivity index (χ0) is 24.8. The molecule has 0 atom stereocenters. The molecule has 0 fully saturated rings. The van der Waals surface area contributed by atoms with E-state index in [0.29, 0.717) is 17.6 Å². The normalized spacial score (nSPS) is 12.7. The van der Waals surface area contributed by atoms with Gasteiger partial charge in [0.25, 0.3) is 0 Å². The van der Waals surface area contributed by atoms with Crippen LogP contribution in [0.3, 0.4) is 0 Å². The van der Waals surface area contributed by atoms with E-state index < -0.39 is 0 Å². The van der Waals surface area contributed by atoms with Gasteiger partial charge in [0, 0.05) is 32.7 Å². The van der Waals surface area contributed by atoms with Gasteiger partial charge in [0.2, 0.25) is 5.95 Å². The second-order valence-electron chi connectivity index (χ2n) is 9.73. The molecule has 176 valence electrons. The van der Waals surface area contributed by atoms with Crippen LogP contribution in [0.2, 0.25) is 0 Å². The summed E-state index contributed by atoms with van der Waals surface area (Å²) in [6, 6.07) is 39.9. The third-order valence-electron chi connectivity index (χ3n) is 7.69. The van der Waals surface area contributed by atoms with Gasteiger partial charge in [-0.25, -0.2) is 4.98 Å². The Hall–Kier alpha value is -5.29. The van der Waals surface area contributed by atoms with Crippen molar-refractivity contribution in [2.45, 2.75) is 0 Å². The van der Waals surface area contributed by atoms with E-state index in [0.717, 1.165) is 22.5 Å². The number of nitrogens with zero attached hydrogens (tertiary/aromatic N) is 5. The first-order valence-electron chi connectivity index (χ1n) is 12.7. The lowest BCUT2D eigenvalue weighted by atomic mass is 10.0. The Morgan fingerprint density at radius 1 is 0.395 bits per heavy atom. The van der Waals surface area contributed by atoms with Crippen molar-refractivity contribution in [3.8, 4) is 22.8 Å². The van der Waals surface area contributed by atoms with Gasteiger partial charge in [-0.2, -0.15) is 9.97 Å². The molecule has 0 unspecified atom stereocenters. The highest BCUT2D eigenvalue weighted by atomic mass is 15.3. The molecule has 8 aromatic rings. The number of para-hydroxylation sites is 3. The van der Waals surface area contributed by atoms with E-state index in [1.807, 2.05) is 60.7 Å². The van der Waals surface area contributed by atoms with E-state index >= 15 is 0 Å². The molecule has 3 aromatic heterocycles. The predicted octanol–water partition coefficient (Wildman–Crippen LogP) is 8.14. The van der Waals surface area contributed by atoms with Crippen molar-refractivity contribution in [3.05, 3.63) is 115 Å². The number of aromatic nitrogens is 4. The number of hydrogen-bond acceptors (Lipinski definition) is 4. The zero-order valence-corrected chi connectivity index (χ0v) is 20.2. The molecule has 0 saturated carbocycles. The van der Waals surface area contributed by atoms with E-state index in [9.17, 15) is 0 Å². The summed E-state index contributed by atoms with van der Waals surface area (Å²) in [5, 5.41) is 5.03. The summed E-state index contributed by atoms with van der Waals surface area (Å²) in [6.07, 6.45) is 0. The van der Waals surface area contributed by atoms with Crippen molar-refractivity contribution in [1.82, 2.24) is 19.4 Å². The van der Waals surface area contributed by atoms with Crippen LogP contribution in [0.15, 0.2) is 115 Å². The summed E-state index contributed by atoms with van der Waals surface area (Å²) in [5.74, 6) is 1.92. The molecule has 1 aliphatic rings. The molecule has 5 aromatic carbocycles. The predicted molar refractivity (Wildman–Crippen MR) is 154 cm³/mol. The fraction of sp³-hybridized carbons (Fsp3) is 0. The number of hydrogen-bond donors (Lipinski definition) is 0. The molecule has 0 spiro atoms. The molecule has 4 heterocycles. The summed E-state index contributed by atoms with van der Waals surface area (Å²) in [4.78, 5) is 17.3. The molecule has 5 heteroatoms. The van der Waals surface area contributed by atoms with Gasteiger partial charge in [0.15, 0.2) is 11.6 Å². The van der Waals surface area contributed by atoms with Crippen LogP contribution in [0.1, 0.15) is 0 Å². The van der Waals surface area contributed by atoms with Gasteiger partial charge >= 0.3 is 0 Å². The first-order valence-corrected chi connectivity index (χ1v) is 12.7. The molecule has 1 aliphatic heterocycles. The maximum atomic E-state index is 5.08. The molecule has 0 aliphatic carbocycles. The Kier molecular flexibility index (Phi) is 3.73. The maximum Gasteiger partial charge on any atom is 0.238 e. The Bertz CT molecular complexity index is 2040.